The van der Waals surface area contributed by atoms with Crippen LogP contribution in [0, 0.1) is 3.57 Å². The fraction of sp³-hybridized carbons (Fsp3) is 0. The number of nitrogens with one attached hydrogen (secondary N) is 3. The maximum absolute atomic E-state index is 4.01. The van der Waals surface area contributed by atoms with Crippen LogP contribution in [-0.4, -0.2) is 46.2 Å². The molecule has 0 spiro atoms. The van der Waals surface area contributed by atoms with Gasteiger partial charge in [-0.25, -0.2) is 0 Å². The third-order valence-electron chi connectivity index (χ3n) is 2.78. The Bertz CT molecular complexity index is 822. The summed E-state index contributed by atoms with van der Waals surface area (Å²) in [4.78, 5) is 0. The van der Waals surface area contributed by atoms with Crippen molar-refractivity contribution in [1.82, 2.24) is 46.2 Å². The van der Waals surface area contributed by atoms with E-state index in [2.05, 4.69) is 128 Å². The maximum atomic E-state index is 4.01. The monoisotopic (exact) mass is 765 g/mol. The van der Waals surface area contributed by atoms with Crippen molar-refractivity contribution in [2.24, 2.45) is 0 Å². The summed E-state index contributed by atoms with van der Waals surface area (Å²) in [5.41, 5.74) is 1.25. The molecular formula is C12H10ClI3MnN10. The topological polar surface area (TPSA) is 128 Å². The van der Waals surface area contributed by atoms with Crippen molar-refractivity contribution in [2.75, 3.05) is 1.33 Å². The number of hydrogen-bond donors (Lipinski definition) is 3. The predicted molar refractivity (Wildman–Crippen MR) is 118 cm³/mol. The van der Waals surface area contributed by atoms with Crippen LogP contribution in [0.3, 0.4) is 0 Å². The van der Waals surface area contributed by atoms with E-state index in [-0.39, 0.29) is 12.4 Å². The number of aromatic nitrogens is 9. The number of nitrogens with zero attached hydrogens (tertiary/aromatic N) is 7. The van der Waals surface area contributed by atoms with Crippen LogP contribution in [0.25, 0.3) is 0 Å². The van der Waals surface area contributed by atoms with E-state index in [1.54, 1.807) is 18.6 Å². The predicted octanol–water partition coefficient (Wildman–Crippen LogP) is -2.26. The molecule has 3 N–H and O–H groups in total. The molecule has 3 heterocycles. The standard InChI is InChI=1S/C6H4I3N.3C2H2N3.ClH.Mn/c7-5-3-1-2-4-6(5)10(8)9;3*1-2-4-5-3-1;;/h1-4H;3*1H,(H,3,4,5);1H;/q;;;;;+1/p-1. The van der Waals surface area contributed by atoms with E-state index in [9.17, 15) is 0 Å². The van der Waals surface area contributed by atoms with Gasteiger partial charge in [0.2, 0.25) is 0 Å². The van der Waals surface area contributed by atoms with E-state index < -0.39 is 13.9 Å². The first-order valence-electron chi connectivity index (χ1n) is 6.82. The van der Waals surface area contributed by atoms with E-state index in [0.717, 1.165) is 13.8 Å². The molecule has 0 amide bonds. The second-order valence-corrected chi connectivity index (χ2v) is 12.0. The molecule has 0 radical (unpaired) electrons. The zero-order chi connectivity index (χ0) is 18.4. The zero-order valence-electron chi connectivity index (χ0n) is 13.1. The first-order valence-corrected chi connectivity index (χ1v) is 11.6. The van der Waals surface area contributed by atoms with Crippen molar-refractivity contribution in [3.05, 3.63) is 46.4 Å². The molecule has 0 bridgehead atoms. The molecule has 143 valence electrons. The number of rotatable bonds is 4. The summed E-state index contributed by atoms with van der Waals surface area (Å²) in [6.45, 7) is 0. The number of aromatic amines is 3. The molecule has 3 aromatic heterocycles. The molecule has 10 nitrogen and oxygen atoms in total. The molecule has 0 saturated carbocycles. The van der Waals surface area contributed by atoms with Gasteiger partial charge < -0.3 is 12.4 Å². The van der Waals surface area contributed by atoms with Crippen LogP contribution in [0.4, 0.5) is 5.69 Å². The molecule has 0 unspecified atom stereocenters. The van der Waals surface area contributed by atoms with Gasteiger partial charge in [0.25, 0.3) is 0 Å². The molecule has 0 saturated heterocycles. The molecule has 4 aromatic rings. The average Bonchev–Trinajstić information content (AvgIpc) is 3.41. The minimum absolute atomic E-state index is 0. The summed E-state index contributed by atoms with van der Waals surface area (Å²) < 4.78 is 5.78. The minimum atomic E-state index is -1.39. The summed E-state index contributed by atoms with van der Waals surface area (Å²) in [5, 5.41) is 31.2. The number of benzene rings is 1. The van der Waals surface area contributed by atoms with Crippen LogP contribution in [0.2, 0.25) is 0 Å². The van der Waals surface area contributed by atoms with Gasteiger partial charge in [-0.05, 0) is 34.7 Å². The Morgan fingerprint density at radius 2 is 1.22 bits per heavy atom. The first kappa shape index (κ1) is 22.7. The zero-order valence-corrected chi connectivity index (χ0v) is 21.5. The number of halogens is 4. The van der Waals surface area contributed by atoms with E-state index in [4.69, 9.17) is 0 Å². The summed E-state index contributed by atoms with van der Waals surface area (Å²) in [6, 6.07) is 8.28. The quantitative estimate of drug-likeness (QED) is 0.122. The van der Waals surface area contributed by atoms with E-state index in [1.807, 2.05) is 12.1 Å². The van der Waals surface area contributed by atoms with Crippen molar-refractivity contribution in [3.8, 4) is 0 Å². The van der Waals surface area contributed by atoms with Crippen LogP contribution < -0.4 is 27.5 Å². The van der Waals surface area contributed by atoms with Gasteiger partial charge in [0.05, 0.1) is 51.4 Å². The summed E-state index contributed by atoms with van der Waals surface area (Å²) in [7, 11) is 0. The average molecular weight is 765 g/mol. The number of hydrogen-bond acceptors (Lipinski definition) is 7. The van der Waals surface area contributed by atoms with Crippen molar-refractivity contribution in [3.63, 3.8) is 0 Å². The van der Waals surface area contributed by atoms with Crippen LogP contribution in [0.1, 0.15) is 0 Å². The van der Waals surface area contributed by atoms with Crippen LogP contribution in [-0.2, 0) is 13.9 Å². The molecule has 0 aliphatic carbocycles. The summed E-state index contributed by atoms with van der Waals surface area (Å²) >= 11 is 5.43. The molecule has 0 aliphatic heterocycles. The molecule has 0 aliphatic rings. The third kappa shape index (κ3) is 6.21. The van der Waals surface area contributed by atoms with Gasteiger partial charge in [-0.3, -0.25) is 1.33 Å². The third-order valence-corrected chi connectivity index (χ3v) is 7.41. The van der Waals surface area contributed by atoms with Gasteiger partial charge in [0.15, 0.2) is 0 Å². The van der Waals surface area contributed by atoms with Crippen LogP contribution in [0.5, 0.6) is 0 Å². The Balaban J connectivity index is 0.000000208. The van der Waals surface area contributed by atoms with Crippen LogP contribution in [0.15, 0.2) is 42.9 Å². The molecule has 0 fully saturated rings. The Kier molecular flexibility index (Phi) is 9.63. The van der Waals surface area contributed by atoms with Gasteiger partial charge in [-0.1, -0.05) is 12.1 Å². The molecule has 15 heteroatoms. The second kappa shape index (κ2) is 11.4. The van der Waals surface area contributed by atoms with Gasteiger partial charge in [-0.15, -0.1) is 0 Å². The Morgan fingerprint density at radius 1 is 0.778 bits per heavy atom. The molecule has 0 atom stereocenters. The van der Waals surface area contributed by atoms with Crippen molar-refractivity contribution in [2.45, 2.75) is 0 Å². The van der Waals surface area contributed by atoms with Crippen LogP contribution >= 0.6 is 68.3 Å². The Hall–Kier alpha value is -0.561. The first-order chi connectivity index (χ1) is 12.7. The van der Waals surface area contributed by atoms with Gasteiger partial charge in [-0.2, -0.15) is 0 Å². The molecule has 1 aromatic carbocycles. The fourth-order valence-corrected chi connectivity index (χ4v) is 6.32. The van der Waals surface area contributed by atoms with Crippen molar-refractivity contribution in [1.29, 1.82) is 0 Å². The summed E-state index contributed by atoms with van der Waals surface area (Å²) in [5.74, 6) is 0. The molecular weight excluding hydrogens is 755 g/mol. The van der Waals surface area contributed by atoms with E-state index in [1.165, 1.54) is 9.26 Å². The second-order valence-electron chi connectivity index (χ2n) is 4.36. The Labute approximate surface area is 205 Å². The molecule has 27 heavy (non-hydrogen) atoms. The Morgan fingerprint density at radius 3 is 1.52 bits per heavy atom. The van der Waals surface area contributed by atoms with E-state index in [0.29, 0.717) is 0 Å². The normalized spacial score (nSPS) is 10.1. The summed E-state index contributed by atoms with van der Waals surface area (Å²) in [6.07, 6.45) is 5.20. The fourth-order valence-electron chi connectivity index (χ4n) is 1.73. The van der Waals surface area contributed by atoms with Crippen molar-refractivity contribution >= 4 is 87.8 Å². The van der Waals surface area contributed by atoms with Gasteiger partial charge in [0.1, 0.15) is 0 Å². The van der Waals surface area contributed by atoms with Gasteiger partial charge >= 0.3 is 92.5 Å². The SMILES string of the molecule is Ic1ccccc1N(I)I.[Cl-].c1[nH]nn[c]1[Mn+]([c]1c[nH]nn1)[c]1c[nH]nn1. The number of anilines is 1. The van der Waals surface area contributed by atoms with E-state index >= 15 is 0 Å². The molecule has 4 rings (SSSR count). The van der Waals surface area contributed by atoms with Crippen molar-refractivity contribution < 1.29 is 26.3 Å². The number of H-pyrrole nitrogens is 3. The number of para-hydroxylation sites is 1. The van der Waals surface area contributed by atoms with Gasteiger partial charge in [0, 0.05) is 3.57 Å².